The zero-order valence-electron chi connectivity index (χ0n) is 15.0. The smallest absolute Gasteiger partial charge is 0.329 e. The van der Waals surface area contributed by atoms with Crippen LogP contribution < -0.4 is 0 Å². The first-order chi connectivity index (χ1) is 13.4. The molecule has 28 heavy (non-hydrogen) atoms. The molecule has 2 atom stereocenters. The number of thioether (sulfide) groups is 1. The number of carbonyl (C=O) groups is 2. The minimum atomic E-state index is -0.660. The van der Waals surface area contributed by atoms with Crippen molar-refractivity contribution in [2.45, 2.75) is 24.8 Å². The molecule has 3 rings (SSSR count). The van der Waals surface area contributed by atoms with Gasteiger partial charge in [-0.25, -0.2) is 4.79 Å². The Morgan fingerprint density at radius 1 is 1.18 bits per heavy atom. The fourth-order valence-corrected chi connectivity index (χ4v) is 4.87. The van der Waals surface area contributed by atoms with Crippen LogP contribution >= 0.6 is 50.9 Å². The molecule has 0 aliphatic carbocycles. The van der Waals surface area contributed by atoms with Gasteiger partial charge in [0.2, 0.25) is 0 Å². The van der Waals surface area contributed by atoms with Crippen LogP contribution in [0.15, 0.2) is 46.9 Å². The average molecular weight is 503 g/mol. The van der Waals surface area contributed by atoms with Gasteiger partial charge in [0.15, 0.2) is 0 Å². The van der Waals surface area contributed by atoms with Gasteiger partial charge in [0.25, 0.3) is 5.91 Å². The fraction of sp³-hybridized carbons (Fsp3) is 0.300. The van der Waals surface area contributed by atoms with E-state index in [9.17, 15) is 9.59 Å². The Bertz CT molecular complexity index is 878. The van der Waals surface area contributed by atoms with E-state index in [0.717, 1.165) is 16.5 Å². The molecule has 1 aliphatic heterocycles. The number of amides is 1. The number of hydrogen-bond donors (Lipinski definition) is 0. The van der Waals surface area contributed by atoms with Crippen molar-refractivity contribution in [3.05, 3.63) is 68.1 Å². The average Bonchev–Trinajstić information content (AvgIpc) is 3.13. The van der Waals surface area contributed by atoms with Gasteiger partial charge in [0, 0.05) is 15.8 Å². The van der Waals surface area contributed by atoms with E-state index in [2.05, 4.69) is 15.9 Å². The van der Waals surface area contributed by atoms with Crippen molar-refractivity contribution in [2.24, 2.45) is 0 Å². The van der Waals surface area contributed by atoms with Crippen molar-refractivity contribution in [1.82, 2.24) is 4.90 Å². The zero-order valence-corrected chi connectivity index (χ0v) is 18.9. The Hall–Kier alpha value is -1.21. The molecule has 1 amide bonds. The van der Waals surface area contributed by atoms with Crippen LogP contribution in [0.25, 0.3) is 0 Å². The van der Waals surface area contributed by atoms with Crippen LogP contribution in [0.1, 0.15) is 34.6 Å². The molecule has 1 aliphatic rings. The summed E-state index contributed by atoms with van der Waals surface area (Å²) in [5.74, 6) is -0.162. The van der Waals surface area contributed by atoms with E-state index in [0.29, 0.717) is 28.0 Å². The minimum Gasteiger partial charge on any atom is -0.464 e. The Morgan fingerprint density at radius 3 is 2.54 bits per heavy atom. The van der Waals surface area contributed by atoms with E-state index in [1.165, 1.54) is 11.8 Å². The molecular weight excluding hydrogens is 485 g/mol. The number of nitrogens with zero attached hydrogens (tertiary/aromatic N) is 1. The van der Waals surface area contributed by atoms with Crippen molar-refractivity contribution in [1.29, 1.82) is 0 Å². The number of ether oxygens (including phenoxy) is 1. The quantitative estimate of drug-likeness (QED) is 0.473. The first-order valence-electron chi connectivity index (χ1n) is 8.73. The van der Waals surface area contributed by atoms with Gasteiger partial charge in [0.05, 0.1) is 16.7 Å². The highest BCUT2D eigenvalue weighted by Gasteiger charge is 2.43. The van der Waals surface area contributed by atoms with E-state index in [-0.39, 0.29) is 17.3 Å². The number of halogens is 3. The molecule has 0 N–H and O–H groups in total. The molecule has 2 unspecified atom stereocenters. The summed E-state index contributed by atoms with van der Waals surface area (Å²) in [6.45, 7) is 2.26. The third-order valence-electron chi connectivity index (χ3n) is 4.28. The molecule has 0 radical (unpaired) electrons. The van der Waals surface area contributed by atoms with Gasteiger partial charge in [-0.3, -0.25) is 4.79 Å². The predicted octanol–water partition coefficient (Wildman–Crippen LogP) is 5.97. The summed E-state index contributed by atoms with van der Waals surface area (Å²) in [6.07, 6.45) is 0.725. The van der Waals surface area contributed by atoms with E-state index in [4.69, 9.17) is 27.9 Å². The van der Waals surface area contributed by atoms with E-state index >= 15 is 0 Å². The van der Waals surface area contributed by atoms with Crippen LogP contribution in [0.3, 0.4) is 0 Å². The predicted molar refractivity (Wildman–Crippen MR) is 117 cm³/mol. The van der Waals surface area contributed by atoms with Crippen LogP contribution in [0, 0.1) is 0 Å². The maximum atomic E-state index is 13.3. The lowest BCUT2D eigenvalue weighted by Crippen LogP contribution is -2.44. The molecule has 4 nitrogen and oxygen atoms in total. The summed E-state index contributed by atoms with van der Waals surface area (Å²) < 4.78 is 6.21. The third-order valence-corrected chi connectivity index (χ3v) is 6.87. The monoisotopic (exact) mass is 501 g/mol. The maximum absolute atomic E-state index is 13.3. The summed E-state index contributed by atoms with van der Waals surface area (Å²) in [4.78, 5) is 27.5. The number of benzene rings is 2. The molecule has 148 valence electrons. The largest absolute Gasteiger partial charge is 0.464 e. The highest BCUT2D eigenvalue weighted by molar-refractivity contribution is 9.10. The van der Waals surface area contributed by atoms with E-state index in [1.807, 2.05) is 13.0 Å². The molecule has 1 heterocycles. The van der Waals surface area contributed by atoms with Crippen LogP contribution in [0.5, 0.6) is 0 Å². The summed E-state index contributed by atoms with van der Waals surface area (Å²) in [5.41, 5.74) is 1.32. The second-order valence-electron chi connectivity index (χ2n) is 6.26. The Morgan fingerprint density at radius 2 is 1.89 bits per heavy atom. The van der Waals surface area contributed by atoms with Gasteiger partial charge in [0.1, 0.15) is 11.4 Å². The lowest BCUT2D eigenvalue weighted by molar-refractivity contribution is -0.148. The molecule has 1 saturated heterocycles. The molecule has 2 aromatic rings. The highest BCUT2D eigenvalue weighted by atomic mass is 79.9. The van der Waals surface area contributed by atoms with Gasteiger partial charge in [-0.05, 0) is 48.4 Å². The summed E-state index contributed by atoms with van der Waals surface area (Å²) in [7, 11) is 0. The Labute approximate surface area is 186 Å². The van der Waals surface area contributed by atoms with Crippen LogP contribution in [0.2, 0.25) is 10.0 Å². The molecule has 0 bridgehead atoms. The topological polar surface area (TPSA) is 46.6 Å². The van der Waals surface area contributed by atoms with Gasteiger partial charge in [-0.15, -0.1) is 11.8 Å². The molecule has 0 spiro atoms. The summed E-state index contributed by atoms with van der Waals surface area (Å²) >= 11 is 17.1. The van der Waals surface area contributed by atoms with Crippen molar-refractivity contribution in [2.75, 3.05) is 12.4 Å². The minimum absolute atomic E-state index is 0.230. The second-order valence-corrected chi connectivity index (χ2v) is 9.11. The van der Waals surface area contributed by atoms with Crippen LogP contribution in [-0.2, 0) is 9.53 Å². The molecule has 0 saturated carbocycles. The molecule has 2 aromatic carbocycles. The Kier molecular flexibility index (Phi) is 7.31. The summed E-state index contributed by atoms with van der Waals surface area (Å²) in [5, 5.41) is 0.496. The molecule has 8 heteroatoms. The number of carbonyl (C=O) groups excluding carboxylic acids is 2. The number of rotatable bonds is 5. The Balaban J connectivity index is 1.96. The van der Waals surface area contributed by atoms with Crippen molar-refractivity contribution in [3.8, 4) is 0 Å². The lowest BCUT2D eigenvalue weighted by Gasteiger charge is -2.29. The van der Waals surface area contributed by atoms with Gasteiger partial charge >= 0.3 is 5.97 Å². The van der Waals surface area contributed by atoms with Gasteiger partial charge < -0.3 is 9.64 Å². The van der Waals surface area contributed by atoms with Crippen LogP contribution in [0.4, 0.5) is 0 Å². The first kappa shape index (κ1) is 21.5. The van der Waals surface area contributed by atoms with E-state index in [1.54, 1.807) is 41.3 Å². The SMILES string of the molecule is CCCOC(=O)C1CSC(c2ccc(Cl)c(Cl)c2)N1C(=O)c1ccc(Br)cc1. The van der Waals surface area contributed by atoms with E-state index < -0.39 is 6.04 Å². The second kappa shape index (κ2) is 9.53. The fourth-order valence-electron chi connectivity index (χ4n) is 2.90. The normalized spacial score (nSPS) is 18.9. The van der Waals surface area contributed by atoms with Crippen molar-refractivity contribution >= 4 is 62.8 Å². The molecule has 0 aromatic heterocycles. The molecule has 1 fully saturated rings. The van der Waals surface area contributed by atoms with Gasteiger partial charge in [-0.1, -0.05) is 52.1 Å². The first-order valence-corrected chi connectivity index (χ1v) is 11.3. The number of esters is 1. The summed E-state index contributed by atoms with van der Waals surface area (Å²) in [6, 6.07) is 11.7. The molecular formula is C20H18BrCl2NO3S. The van der Waals surface area contributed by atoms with Gasteiger partial charge in [-0.2, -0.15) is 0 Å². The number of hydrogen-bond acceptors (Lipinski definition) is 4. The van der Waals surface area contributed by atoms with Crippen LogP contribution in [-0.4, -0.2) is 35.2 Å². The third kappa shape index (κ3) is 4.67. The zero-order chi connectivity index (χ0) is 20.3. The lowest BCUT2D eigenvalue weighted by atomic mass is 10.1. The maximum Gasteiger partial charge on any atom is 0.329 e. The standard InChI is InChI=1S/C20H18BrCl2NO3S/c1-2-9-27-20(26)17-11-28-19(13-5-8-15(22)16(23)10-13)24(17)18(25)12-3-6-14(21)7-4-12/h3-8,10,17,19H,2,9,11H2,1H3. The van der Waals surface area contributed by atoms with Crippen molar-refractivity contribution < 1.29 is 14.3 Å². The van der Waals surface area contributed by atoms with Crippen molar-refractivity contribution in [3.63, 3.8) is 0 Å². The highest BCUT2D eigenvalue weighted by Crippen LogP contribution is 2.43.